The van der Waals surface area contributed by atoms with Crippen molar-refractivity contribution >= 4 is 17.7 Å². The van der Waals surface area contributed by atoms with Gasteiger partial charge in [-0.05, 0) is 55.2 Å². The molecule has 1 heterocycles. The molecule has 0 saturated heterocycles. The van der Waals surface area contributed by atoms with Crippen molar-refractivity contribution in [2.24, 2.45) is 5.10 Å². The molecule has 2 N–H and O–H groups in total. The first kappa shape index (κ1) is 17.3. The monoisotopic (exact) mass is 350 g/mol. The van der Waals surface area contributed by atoms with E-state index in [0.29, 0.717) is 12.1 Å². The molecule has 0 atom stereocenters. The van der Waals surface area contributed by atoms with Crippen LogP contribution in [-0.2, 0) is 11.2 Å². The predicted molar refractivity (Wildman–Crippen MR) is 93.5 cm³/mol. The molecule has 0 spiro atoms. The summed E-state index contributed by atoms with van der Waals surface area (Å²) in [6, 6.07) is 8.82. The summed E-state index contributed by atoms with van der Waals surface area (Å²) in [7, 11) is 0. The predicted octanol–water partition coefficient (Wildman–Crippen LogP) is 2.69. The summed E-state index contributed by atoms with van der Waals surface area (Å²) in [6.45, 7) is 0. The minimum atomic E-state index is -0.744. The number of aryl methyl sites for hydroxylation is 1. The number of pyridine rings is 1. The van der Waals surface area contributed by atoms with Gasteiger partial charge in [-0.3, -0.25) is 9.78 Å². The molecule has 0 saturated carbocycles. The van der Waals surface area contributed by atoms with Gasteiger partial charge in [-0.25, -0.2) is 9.82 Å². The number of hydrogen-bond donors (Lipinski definition) is 2. The normalized spacial score (nSPS) is 15.2. The largest absolute Gasteiger partial charge is 0.507 e. The van der Waals surface area contributed by atoms with Gasteiger partial charge in [0.15, 0.2) is 0 Å². The van der Waals surface area contributed by atoms with Gasteiger partial charge in [0.25, 0.3) is 5.91 Å². The van der Waals surface area contributed by atoms with Gasteiger partial charge in [-0.1, -0.05) is 6.07 Å². The summed E-state index contributed by atoms with van der Waals surface area (Å²) in [5, 5.41) is 23.0. The number of carbonyl (C=O) groups is 1. The summed E-state index contributed by atoms with van der Waals surface area (Å²) in [5.74, 6) is -1.56. The first-order chi connectivity index (χ1) is 12.6. The summed E-state index contributed by atoms with van der Waals surface area (Å²) in [6.07, 6.45) is 5.24. The first-order valence-electron chi connectivity index (χ1n) is 8.00. The van der Waals surface area contributed by atoms with E-state index in [2.05, 4.69) is 15.5 Å². The molecular weight excluding hydrogens is 335 g/mol. The van der Waals surface area contributed by atoms with Crippen LogP contribution in [-0.4, -0.2) is 21.7 Å². The van der Waals surface area contributed by atoms with Crippen LogP contribution in [0.15, 0.2) is 47.2 Å². The highest BCUT2D eigenvalue weighted by Crippen LogP contribution is 2.21. The Hall–Kier alpha value is -3.53. The molecule has 0 bridgehead atoms. The average molecular weight is 350 g/mol. The van der Waals surface area contributed by atoms with Crippen LogP contribution in [0.3, 0.4) is 0 Å². The lowest BCUT2D eigenvalue weighted by atomic mass is 9.95. The number of hydrogen-bond acceptors (Lipinski definition) is 5. The molecule has 1 amide bonds. The highest BCUT2D eigenvalue weighted by atomic mass is 19.1. The maximum absolute atomic E-state index is 13.3. The molecule has 0 radical (unpaired) electrons. The summed E-state index contributed by atoms with van der Waals surface area (Å²) >= 11 is 0. The zero-order valence-corrected chi connectivity index (χ0v) is 13.7. The van der Waals surface area contributed by atoms with Crippen LogP contribution in [0, 0.1) is 17.1 Å². The minimum absolute atomic E-state index is 0.0361. The zero-order valence-electron chi connectivity index (χ0n) is 13.7. The molecule has 0 unspecified atom stereocenters. The number of phenolic OH excluding ortho intramolecular Hbond substituents is 1. The molecule has 3 rings (SSSR count). The summed E-state index contributed by atoms with van der Waals surface area (Å²) in [5.41, 5.74) is 4.53. The maximum Gasteiger partial charge on any atom is 0.282 e. The molecule has 26 heavy (non-hydrogen) atoms. The number of phenols is 1. The third kappa shape index (κ3) is 3.75. The van der Waals surface area contributed by atoms with Crippen molar-refractivity contribution in [1.29, 1.82) is 5.26 Å². The second-order valence-corrected chi connectivity index (χ2v) is 5.74. The molecule has 1 aliphatic carbocycles. The lowest BCUT2D eigenvalue weighted by Gasteiger charge is -2.16. The number of aromatic hydroxyl groups is 1. The van der Waals surface area contributed by atoms with E-state index in [0.717, 1.165) is 48.4 Å². The fourth-order valence-electron chi connectivity index (χ4n) is 2.70. The highest BCUT2D eigenvalue weighted by Gasteiger charge is 2.17. The fourth-order valence-corrected chi connectivity index (χ4v) is 2.70. The number of aromatic nitrogens is 1. The molecule has 6 nitrogen and oxygen atoms in total. The van der Waals surface area contributed by atoms with Gasteiger partial charge < -0.3 is 5.11 Å². The molecule has 0 aliphatic heterocycles. The number of benzene rings is 1. The number of rotatable bonds is 3. The number of nitriles is 1. The van der Waals surface area contributed by atoms with Crippen molar-refractivity contribution in [2.75, 3.05) is 0 Å². The van der Waals surface area contributed by atoms with Crippen LogP contribution >= 0.6 is 0 Å². The van der Waals surface area contributed by atoms with Gasteiger partial charge in [-0.2, -0.15) is 10.4 Å². The number of nitrogens with one attached hydrogen (secondary N) is 1. The van der Waals surface area contributed by atoms with Crippen molar-refractivity contribution in [3.05, 3.63) is 64.7 Å². The lowest BCUT2D eigenvalue weighted by molar-refractivity contribution is -0.117. The molecule has 7 heteroatoms. The number of amides is 1. The van der Waals surface area contributed by atoms with Crippen molar-refractivity contribution in [2.45, 2.75) is 19.3 Å². The quantitative estimate of drug-likeness (QED) is 0.505. The fraction of sp³-hybridized carbons (Fsp3) is 0.158. The van der Waals surface area contributed by atoms with Crippen molar-refractivity contribution in [3.8, 4) is 11.8 Å². The number of hydrazone groups is 1. The van der Waals surface area contributed by atoms with E-state index in [1.54, 1.807) is 12.3 Å². The van der Waals surface area contributed by atoms with Gasteiger partial charge in [-0.15, -0.1) is 0 Å². The van der Waals surface area contributed by atoms with E-state index < -0.39 is 11.7 Å². The van der Waals surface area contributed by atoms with Crippen LogP contribution in [0.4, 0.5) is 4.39 Å². The van der Waals surface area contributed by atoms with E-state index in [-0.39, 0.29) is 16.9 Å². The van der Waals surface area contributed by atoms with Gasteiger partial charge in [0.2, 0.25) is 0 Å². The number of nitrogens with zero attached hydrogens (tertiary/aromatic N) is 3. The van der Waals surface area contributed by atoms with E-state index >= 15 is 0 Å². The molecule has 130 valence electrons. The minimum Gasteiger partial charge on any atom is -0.507 e. The maximum atomic E-state index is 13.3. The Morgan fingerprint density at radius 2 is 2.23 bits per heavy atom. The van der Waals surface area contributed by atoms with Crippen molar-refractivity contribution < 1.29 is 14.3 Å². The number of carbonyl (C=O) groups excluding carboxylic acids is 1. The lowest BCUT2D eigenvalue weighted by Crippen LogP contribution is -2.23. The van der Waals surface area contributed by atoms with E-state index in [1.165, 1.54) is 0 Å². The van der Waals surface area contributed by atoms with Crippen molar-refractivity contribution in [3.63, 3.8) is 0 Å². The zero-order chi connectivity index (χ0) is 18.5. The molecule has 2 aromatic rings. The molecule has 1 aromatic carbocycles. The molecule has 1 aromatic heterocycles. The smallest absolute Gasteiger partial charge is 0.282 e. The number of halogens is 1. The Morgan fingerprint density at radius 3 is 3.04 bits per heavy atom. The third-order valence-corrected chi connectivity index (χ3v) is 3.97. The van der Waals surface area contributed by atoms with Crippen molar-refractivity contribution in [1.82, 2.24) is 10.4 Å². The molecule has 0 fully saturated rings. The Morgan fingerprint density at radius 1 is 1.38 bits per heavy atom. The van der Waals surface area contributed by atoms with E-state index in [9.17, 15) is 19.6 Å². The molecular formula is C19H15FN4O2. The Bertz CT molecular complexity index is 960. The Balaban J connectivity index is 1.82. The second-order valence-electron chi connectivity index (χ2n) is 5.74. The average Bonchev–Trinajstić information content (AvgIpc) is 2.66. The van der Waals surface area contributed by atoms with Crippen LogP contribution in [0.2, 0.25) is 0 Å². The van der Waals surface area contributed by atoms with Gasteiger partial charge in [0.1, 0.15) is 23.2 Å². The van der Waals surface area contributed by atoms with Crippen LogP contribution < -0.4 is 5.43 Å². The van der Waals surface area contributed by atoms with Gasteiger partial charge in [0, 0.05) is 11.8 Å². The number of fused-ring (bicyclic) bond motifs is 1. The van der Waals surface area contributed by atoms with E-state index in [1.807, 2.05) is 12.1 Å². The highest BCUT2D eigenvalue weighted by molar-refractivity contribution is 6.05. The standard InChI is InChI=1S/C19H15FN4O2/c20-15-6-7-17(25)13(10-15)9-14(11-21)19(26)24-23-16-5-1-3-12-4-2-8-22-18(12)16/h2,4,6-10,25H,1,3,5H2,(H,24,26)/b14-9+,23-16+. The van der Waals surface area contributed by atoms with Crippen LogP contribution in [0.1, 0.15) is 29.7 Å². The summed E-state index contributed by atoms with van der Waals surface area (Å²) < 4.78 is 13.3. The second kappa shape index (κ2) is 7.57. The van der Waals surface area contributed by atoms with E-state index in [4.69, 9.17) is 0 Å². The Labute approximate surface area is 149 Å². The SMILES string of the molecule is N#C/C(=C\c1cc(F)ccc1O)C(=O)N/N=C1\CCCc2cccnc21. The van der Waals surface area contributed by atoms with Gasteiger partial charge in [0.05, 0.1) is 11.4 Å². The summed E-state index contributed by atoms with van der Waals surface area (Å²) in [4.78, 5) is 16.5. The topological polar surface area (TPSA) is 98.4 Å². The molecule has 1 aliphatic rings. The third-order valence-electron chi connectivity index (χ3n) is 3.97. The van der Waals surface area contributed by atoms with Crippen LogP contribution in [0.5, 0.6) is 5.75 Å². The first-order valence-corrected chi connectivity index (χ1v) is 8.00. The van der Waals surface area contributed by atoms with Crippen LogP contribution in [0.25, 0.3) is 6.08 Å². The Kier molecular flexibility index (Phi) is 5.04. The van der Waals surface area contributed by atoms with Gasteiger partial charge >= 0.3 is 0 Å².